The quantitative estimate of drug-likeness (QED) is 0.468. The molecule has 7 nitrogen and oxygen atoms in total. The van der Waals surface area contributed by atoms with Crippen LogP contribution in [0.3, 0.4) is 0 Å². The number of aryl methyl sites for hydroxylation is 1. The van der Waals surface area contributed by atoms with Crippen molar-refractivity contribution in [3.8, 4) is 11.1 Å². The van der Waals surface area contributed by atoms with Crippen molar-refractivity contribution in [2.75, 3.05) is 17.0 Å². The summed E-state index contributed by atoms with van der Waals surface area (Å²) in [4.78, 5) is 26.0. The molecule has 2 fully saturated rings. The summed E-state index contributed by atoms with van der Waals surface area (Å²) in [5.74, 6) is -1.83. The summed E-state index contributed by atoms with van der Waals surface area (Å²) in [6.45, 7) is 1.85. The number of hydrogen-bond donors (Lipinski definition) is 2. The van der Waals surface area contributed by atoms with Gasteiger partial charge in [-0.15, -0.1) is 0 Å². The Bertz CT molecular complexity index is 1210. The molecule has 2 aliphatic rings. The standard InChI is InChI=1S/C24H27ClN2O5S/c1-15-12-19(16-6-5-7-17(13-16)27-33(30,31)11-10-26)20(25)14-18(15)21-22(28)24(32-23(21)29)8-3-2-4-9-24/h5-7,12-14,21,27H,2-4,8-11,26H2,1H3. The van der Waals surface area contributed by atoms with Crippen molar-refractivity contribution in [1.29, 1.82) is 0 Å². The van der Waals surface area contributed by atoms with Gasteiger partial charge in [0.15, 0.2) is 11.4 Å². The molecule has 33 heavy (non-hydrogen) atoms. The molecule has 9 heteroatoms. The molecule has 1 atom stereocenters. The van der Waals surface area contributed by atoms with Gasteiger partial charge < -0.3 is 10.5 Å². The zero-order chi connectivity index (χ0) is 23.8. The van der Waals surface area contributed by atoms with Gasteiger partial charge in [0.1, 0.15) is 5.92 Å². The van der Waals surface area contributed by atoms with Gasteiger partial charge in [0.05, 0.1) is 5.75 Å². The van der Waals surface area contributed by atoms with E-state index in [0.717, 1.165) is 24.8 Å². The number of nitrogens with one attached hydrogen (secondary N) is 1. The molecular weight excluding hydrogens is 464 g/mol. The van der Waals surface area contributed by atoms with Gasteiger partial charge in [-0.05, 0) is 73.6 Å². The van der Waals surface area contributed by atoms with E-state index in [1.54, 1.807) is 24.3 Å². The van der Waals surface area contributed by atoms with Crippen LogP contribution in [0.2, 0.25) is 5.02 Å². The maximum atomic E-state index is 13.3. The summed E-state index contributed by atoms with van der Waals surface area (Å²) in [6, 6.07) is 10.3. The van der Waals surface area contributed by atoms with Crippen LogP contribution in [0, 0.1) is 6.92 Å². The molecule has 0 bridgehead atoms. The van der Waals surface area contributed by atoms with E-state index in [4.69, 9.17) is 22.1 Å². The lowest BCUT2D eigenvalue weighted by Gasteiger charge is -2.29. The number of rotatable bonds is 6. The zero-order valence-electron chi connectivity index (χ0n) is 18.4. The molecule has 2 aromatic carbocycles. The van der Waals surface area contributed by atoms with Crippen LogP contribution >= 0.6 is 11.6 Å². The molecule has 4 rings (SSSR count). The molecule has 3 N–H and O–H groups in total. The fraction of sp³-hybridized carbons (Fsp3) is 0.417. The Balaban J connectivity index is 1.66. The SMILES string of the molecule is Cc1cc(-c2cccc(NS(=O)(=O)CCN)c2)c(Cl)cc1C1C(=O)OC2(CCCCC2)C1=O. The summed E-state index contributed by atoms with van der Waals surface area (Å²) < 4.78 is 32.3. The van der Waals surface area contributed by atoms with Crippen molar-refractivity contribution in [1.82, 2.24) is 0 Å². The molecule has 0 radical (unpaired) electrons. The number of halogens is 1. The lowest BCUT2D eigenvalue weighted by atomic mass is 9.77. The number of ether oxygens (including phenoxy) is 1. The first-order valence-corrected chi connectivity index (χ1v) is 13.1. The van der Waals surface area contributed by atoms with Crippen molar-refractivity contribution >= 4 is 39.1 Å². The number of sulfonamides is 1. The number of esters is 1. The van der Waals surface area contributed by atoms with Crippen LogP contribution in [-0.4, -0.2) is 38.1 Å². The minimum Gasteiger partial charge on any atom is -0.450 e. The van der Waals surface area contributed by atoms with E-state index in [1.807, 2.05) is 19.1 Å². The molecular formula is C24H27ClN2O5S. The second-order valence-corrected chi connectivity index (χ2v) is 11.0. The van der Waals surface area contributed by atoms with Gasteiger partial charge in [-0.25, -0.2) is 8.42 Å². The van der Waals surface area contributed by atoms with Gasteiger partial charge in [-0.2, -0.15) is 0 Å². The van der Waals surface area contributed by atoms with Gasteiger partial charge in [-0.3, -0.25) is 14.3 Å². The molecule has 1 heterocycles. The van der Waals surface area contributed by atoms with Crippen LogP contribution in [0.25, 0.3) is 11.1 Å². The van der Waals surface area contributed by atoms with Crippen molar-refractivity contribution in [2.45, 2.75) is 50.5 Å². The van der Waals surface area contributed by atoms with Crippen molar-refractivity contribution < 1.29 is 22.7 Å². The van der Waals surface area contributed by atoms with Crippen LogP contribution in [0.15, 0.2) is 36.4 Å². The molecule has 1 saturated carbocycles. The third kappa shape index (κ3) is 4.65. The molecule has 1 spiro atoms. The van der Waals surface area contributed by atoms with Crippen molar-refractivity contribution in [2.24, 2.45) is 5.73 Å². The average molecular weight is 491 g/mol. The molecule has 0 amide bonds. The van der Waals surface area contributed by atoms with Gasteiger partial charge in [0.2, 0.25) is 10.0 Å². The van der Waals surface area contributed by atoms with E-state index in [1.165, 1.54) is 0 Å². The highest BCUT2D eigenvalue weighted by molar-refractivity contribution is 7.92. The minimum absolute atomic E-state index is 0.0190. The van der Waals surface area contributed by atoms with E-state index < -0.39 is 27.5 Å². The second-order valence-electron chi connectivity index (χ2n) is 8.75. The normalized spacial score (nSPS) is 20.2. The maximum absolute atomic E-state index is 13.3. The van der Waals surface area contributed by atoms with E-state index >= 15 is 0 Å². The zero-order valence-corrected chi connectivity index (χ0v) is 20.0. The summed E-state index contributed by atoms with van der Waals surface area (Å²) in [6.07, 6.45) is 3.93. The Labute approximate surface area is 198 Å². The predicted octanol–water partition coefficient (Wildman–Crippen LogP) is 3.93. The first-order chi connectivity index (χ1) is 15.7. The Kier molecular flexibility index (Phi) is 6.53. The van der Waals surface area contributed by atoms with E-state index in [9.17, 15) is 18.0 Å². The maximum Gasteiger partial charge on any atom is 0.322 e. The summed E-state index contributed by atoms with van der Waals surface area (Å²) in [7, 11) is -3.54. The van der Waals surface area contributed by atoms with Crippen LogP contribution in [-0.2, 0) is 24.3 Å². The molecule has 0 aromatic heterocycles. The molecule has 1 aliphatic heterocycles. The van der Waals surface area contributed by atoms with E-state index in [0.29, 0.717) is 40.2 Å². The third-order valence-electron chi connectivity index (χ3n) is 6.40. The van der Waals surface area contributed by atoms with E-state index in [-0.39, 0.29) is 18.1 Å². The molecule has 1 saturated heterocycles. The lowest BCUT2D eigenvalue weighted by molar-refractivity contribution is -0.154. The van der Waals surface area contributed by atoms with Gasteiger partial charge in [0.25, 0.3) is 0 Å². The fourth-order valence-corrected chi connectivity index (χ4v) is 5.96. The van der Waals surface area contributed by atoms with Crippen LogP contribution in [0.5, 0.6) is 0 Å². The first kappa shape index (κ1) is 23.7. The second kappa shape index (κ2) is 9.08. The number of hydrogen-bond acceptors (Lipinski definition) is 6. The van der Waals surface area contributed by atoms with Crippen LogP contribution in [0.4, 0.5) is 5.69 Å². The summed E-state index contributed by atoms with van der Waals surface area (Å²) in [5, 5.41) is 0.364. The fourth-order valence-electron chi connectivity index (χ4n) is 4.78. The Hall–Kier alpha value is -2.42. The summed E-state index contributed by atoms with van der Waals surface area (Å²) in [5.41, 5.74) is 7.44. The van der Waals surface area contributed by atoms with Crippen molar-refractivity contribution in [3.05, 3.63) is 52.5 Å². The number of Topliss-reactive ketones (excluding diaryl/α,β-unsaturated/α-hetero) is 1. The Morgan fingerprint density at radius 3 is 2.58 bits per heavy atom. The molecule has 1 aliphatic carbocycles. The lowest BCUT2D eigenvalue weighted by Crippen LogP contribution is -2.39. The highest BCUT2D eigenvalue weighted by Gasteiger charge is 2.55. The number of carbonyl (C=O) groups is 2. The number of nitrogens with two attached hydrogens (primary N) is 1. The average Bonchev–Trinajstić information content (AvgIpc) is 2.98. The Morgan fingerprint density at radius 2 is 1.88 bits per heavy atom. The molecule has 176 valence electrons. The third-order valence-corrected chi connectivity index (χ3v) is 8.04. The molecule has 2 aromatic rings. The monoisotopic (exact) mass is 490 g/mol. The minimum atomic E-state index is -3.54. The number of anilines is 1. The highest BCUT2D eigenvalue weighted by Crippen LogP contribution is 2.45. The molecule has 1 unspecified atom stereocenters. The number of benzene rings is 2. The van der Waals surface area contributed by atoms with Crippen LogP contribution < -0.4 is 10.5 Å². The summed E-state index contributed by atoms with van der Waals surface area (Å²) >= 11 is 6.60. The van der Waals surface area contributed by atoms with E-state index in [2.05, 4.69) is 4.72 Å². The smallest absolute Gasteiger partial charge is 0.322 e. The predicted molar refractivity (Wildman–Crippen MR) is 128 cm³/mol. The van der Waals surface area contributed by atoms with Crippen molar-refractivity contribution in [3.63, 3.8) is 0 Å². The highest BCUT2D eigenvalue weighted by atomic mass is 35.5. The largest absolute Gasteiger partial charge is 0.450 e. The Morgan fingerprint density at radius 1 is 1.15 bits per heavy atom. The van der Waals surface area contributed by atoms with Gasteiger partial charge >= 0.3 is 5.97 Å². The van der Waals surface area contributed by atoms with Gasteiger partial charge in [-0.1, -0.05) is 30.2 Å². The number of carbonyl (C=O) groups excluding carboxylic acids is 2. The number of ketones is 1. The van der Waals surface area contributed by atoms with Crippen LogP contribution in [0.1, 0.15) is 49.1 Å². The first-order valence-electron chi connectivity index (χ1n) is 11.0. The topological polar surface area (TPSA) is 116 Å². The van der Waals surface area contributed by atoms with Gasteiger partial charge in [0, 0.05) is 22.8 Å².